The van der Waals surface area contributed by atoms with Crippen molar-refractivity contribution >= 4 is 34.9 Å². The van der Waals surface area contributed by atoms with Crippen LogP contribution in [0.1, 0.15) is 13.8 Å². The van der Waals surface area contributed by atoms with Crippen molar-refractivity contribution in [2.45, 2.75) is 13.8 Å². The molecule has 0 bridgehead atoms. The molecule has 0 unspecified atom stereocenters. The van der Waals surface area contributed by atoms with E-state index < -0.39 is 11.6 Å². The zero-order chi connectivity index (χ0) is 21.7. The van der Waals surface area contributed by atoms with E-state index in [-0.39, 0.29) is 25.0 Å². The van der Waals surface area contributed by atoms with Gasteiger partial charge in [0.25, 0.3) is 0 Å². The molecule has 0 heterocycles. The fraction of sp³-hybridized carbons (Fsp3) is 0.300. The molecule has 2 aromatic carbocycles. The summed E-state index contributed by atoms with van der Waals surface area (Å²) in [7, 11) is 0. The van der Waals surface area contributed by atoms with Crippen LogP contribution < -0.4 is 10.6 Å². The summed E-state index contributed by atoms with van der Waals surface area (Å²) in [6.07, 6.45) is 0. The first-order chi connectivity index (χ1) is 14.1. The maximum absolute atomic E-state index is 10.9. The van der Waals surface area contributed by atoms with E-state index in [1.165, 1.54) is 0 Å². The van der Waals surface area contributed by atoms with Crippen LogP contribution in [-0.4, -0.2) is 46.7 Å². The molecule has 0 radical (unpaired) electrons. The number of anilines is 2. The molecule has 0 saturated carbocycles. The predicted octanol–water partition coefficient (Wildman–Crippen LogP) is 2.12. The molecule has 8 nitrogen and oxygen atoms in total. The summed E-state index contributed by atoms with van der Waals surface area (Å²) in [5.74, 6) is -0.460. The zero-order valence-corrected chi connectivity index (χ0v) is 17.6. The Labute approximate surface area is 174 Å². The Hall–Kier alpha value is -3.07. The van der Waals surface area contributed by atoms with Crippen LogP contribution >= 0.6 is 0 Å². The largest absolute Gasteiger partial charge is 0.465 e. The fourth-order valence-corrected chi connectivity index (χ4v) is 1.88. The third-order valence-electron chi connectivity index (χ3n) is 3.03. The average Bonchev–Trinajstić information content (AvgIpc) is 2.74. The van der Waals surface area contributed by atoms with Gasteiger partial charge in [-0.1, -0.05) is 36.4 Å². The molecular formula is C20H28N2O6S. The van der Waals surface area contributed by atoms with Crippen LogP contribution in [0.4, 0.5) is 11.4 Å². The molecule has 0 aromatic heterocycles. The predicted molar refractivity (Wildman–Crippen MR) is 115 cm³/mol. The van der Waals surface area contributed by atoms with Gasteiger partial charge in [-0.05, 0) is 38.1 Å². The quantitative estimate of drug-likeness (QED) is 0.620. The number of carbonyl (C=O) groups excluding carboxylic acids is 2. The molecule has 2 N–H and O–H groups in total. The minimum absolute atomic E-state index is 0.220. The molecule has 0 spiro atoms. The highest BCUT2D eigenvalue weighted by Gasteiger charge is 2.00. The Balaban J connectivity index is 0.000000477. The van der Waals surface area contributed by atoms with E-state index in [1.54, 1.807) is 13.8 Å². The minimum Gasteiger partial charge on any atom is -0.465 e. The number of carbonyl (C=O) groups is 2. The average molecular weight is 425 g/mol. The molecular weight excluding hydrogens is 396 g/mol. The van der Waals surface area contributed by atoms with Gasteiger partial charge >= 0.3 is 11.9 Å². The second-order valence-corrected chi connectivity index (χ2v) is 5.30. The van der Waals surface area contributed by atoms with Gasteiger partial charge in [-0.15, -0.1) is 0 Å². The molecule has 0 atom stereocenters. The van der Waals surface area contributed by atoms with Gasteiger partial charge in [-0.3, -0.25) is 9.59 Å². The second-order valence-electron chi connectivity index (χ2n) is 5.13. The normalized spacial score (nSPS) is 8.90. The lowest BCUT2D eigenvalue weighted by atomic mass is 10.3. The van der Waals surface area contributed by atoms with E-state index in [1.807, 2.05) is 60.7 Å². The first-order valence-corrected chi connectivity index (χ1v) is 9.77. The molecule has 2 rings (SSSR count). The summed E-state index contributed by atoms with van der Waals surface area (Å²) in [6, 6.07) is 19.1. The lowest BCUT2D eigenvalue weighted by molar-refractivity contribution is -0.141. The van der Waals surface area contributed by atoms with Crippen LogP contribution in [0.15, 0.2) is 60.7 Å². The molecule has 0 aliphatic carbocycles. The smallest absolute Gasteiger partial charge is 0.325 e. The maximum atomic E-state index is 10.9. The van der Waals surface area contributed by atoms with Crippen molar-refractivity contribution in [1.29, 1.82) is 0 Å². The molecule has 0 amide bonds. The van der Waals surface area contributed by atoms with Crippen LogP contribution in [0.2, 0.25) is 0 Å². The highest BCUT2D eigenvalue weighted by Crippen LogP contribution is 2.04. The number of ether oxygens (including phenoxy) is 2. The number of rotatable bonds is 8. The van der Waals surface area contributed by atoms with Crippen LogP contribution in [0, 0.1) is 0 Å². The third-order valence-corrected chi connectivity index (χ3v) is 3.03. The SMILES string of the molecule is CCOC(=O)CNc1ccccc1.CCOC(=O)CNc1ccccc1.O=[SH2]=O. The van der Waals surface area contributed by atoms with Gasteiger partial charge in [0.05, 0.1) is 13.2 Å². The number of nitrogens with one attached hydrogen (secondary N) is 2. The highest BCUT2D eigenvalue weighted by atomic mass is 32.1. The van der Waals surface area contributed by atoms with E-state index in [2.05, 4.69) is 10.6 Å². The van der Waals surface area contributed by atoms with Crippen LogP contribution in [0.5, 0.6) is 0 Å². The van der Waals surface area contributed by atoms with Crippen LogP contribution in [-0.2, 0) is 30.6 Å². The Morgan fingerprint density at radius 3 is 1.31 bits per heavy atom. The van der Waals surface area contributed by atoms with E-state index >= 15 is 0 Å². The van der Waals surface area contributed by atoms with Crippen molar-refractivity contribution in [3.05, 3.63) is 60.7 Å². The monoisotopic (exact) mass is 424 g/mol. The molecule has 160 valence electrons. The number of hydrogen-bond acceptors (Lipinski definition) is 8. The number of hydrogen-bond donors (Lipinski definition) is 2. The van der Waals surface area contributed by atoms with E-state index in [4.69, 9.17) is 17.9 Å². The summed E-state index contributed by atoms with van der Waals surface area (Å²) in [6.45, 7) is 4.88. The van der Waals surface area contributed by atoms with E-state index in [0.717, 1.165) is 11.4 Å². The van der Waals surface area contributed by atoms with Crippen LogP contribution in [0.25, 0.3) is 0 Å². The lowest BCUT2D eigenvalue weighted by Gasteiger charge is -2.04. The molecule has 2 aromatic rings. The van der Waals surface area contributed by atoms with Crippen LogP contribution in [0.3, 0.4) is 0 Å². The first kappa shape index (κ1) is 25.9. The minimum atomic E-state index is -1.42. The van der Waals surface area contributed by atoms with Crippen molar-refractivity contribution in [3.63, 3.8) is 0 Å². The Morgan fingerprint density at radius 2 is 1.03 bits per heavy atom. The summed E-state index contributed by atoms with van der Waals surface area (Å²) >= 11 is -1.42. The molecule has 0 fully saturated rings. The Morgan fingerprint density at radius 1 is 0.724 bits per heavy atom. The van der Waals surface area contributed by atoms with Gasteiger partial charge in [0, 0.05) is 11.4 Å². The summed E-state index contributed by atoms with van der Waals surface area (Å²) in [5, 5.41) is 5.91. The van der Waals surface area contributed by atoms with Gasteiger partial charge in [0.1, 0.15) is 24.7 Å². The summed E-state index contributed by atoms with van der Waals surface area (Å²) in [5.41, 5.74) is 1.85. The fourth-order valence-electron chi connectivity index (χ4n) is 1.88. The summed E-state index contributed by atoms with van der Waals surface area (Å²) in [4.78, 5) is 21.9. The van der Waals surface area contributed by atoms with Crippen molar-refractivity contribution in [2.75, 3.05) is 36.9 Å². The number of para-hydroxylation sites is 2. The Kier molecular flexibility index (Phi) is 16.4. The second kappa shape index (κ2) is 18.3. The number of esters is 2. The number of benzene rings is 2. The molecule has 9 heteroatoms. The third kappa shape index (κ3) is 15.7. The zero-order valence-electron chi connectivity index (χ0n) is 16.6. The first-order valence-electron chi connectivity index (χ1n) is 8.95. The maximum Gasteiger partial charge on any atom is 0.325 e. The Bertz CT molecular complexity index is 665. The lowest BCUT2D eigenvalue weighted by Crippen LogP contribution is -2.16. The van der Waals surface area contributed by atoms with E-state index in [0.29, 0.717) is 13.2 Å². The van der Waals surface area contributed by atoms with Crippen molar-refractivity contribution in [1.82, 2.24) is 0 Å². The van der Waals surface area contributed by atoms with Gasteiger partial charge in [0.15, 0.2) is 0 Å². The topological polar surface area (TPSA) is 111 Å². The highest BCUT2D eigenvalue weighted by molar-refractivity contribution is 7.51. The van der Waals surface area contributed by atoms with Crippen molar-refractivity contribution in [2.24, 2.45) is 0 Å². The summed E-state index contributed by atoms with van der Waals surface area (Å²) < 4.78 is 26.3. The standard InChI is InChI=1S/2C10H13NO2.H2O2S/c2*1-2-13-10(12)8-11-9-6-4-3-5-7-9;1-3-2/h2*3-7,11H,2,8H2,1H3;3H2. The van der Waals surface area contributed by atoms with Crippen molar-refractivity contribution < 1.29 is 27.5 Å². The van der Waals surface area contributed by atoms with Crippen molar-refractivity contribution in [3.8, 4) is 0 Å². The molecule has 29 heavy (non-hydrogen) atoms. The molecule has 0 aliphatic heterocycles. The molecule has 0 aliphatic rings. The van der Waals surface area contributed by atoms with Gasteiger partial charge in [-0.2, -0.15) is 0 Å². The van der Waals surface area contributed by atoms with Gasteiger partial charge < -0.3 is 20.1 Å². The molecule has 0 saturated heterocycles. The van der Waals surface area contributed by atoms with Gasteiger partial charge in [0.2, 0.25) is 0 Å². The van der Waals surface area contributed by atoms with E-state index in [9.17, 15) is 9.59 Å². The van der Waals surface area contributed by atoms with Gasteiger partial charge in [-0.25, -0.2) is 8.42 Å².